The summed E-state index contributed by atoms with van der Waals surface area (Å²) >= 11 is 3.47. The highest BCUT2D eigenvalue weighted by atomic mass is 79.9. The van der Waals surface area contributed by atoms with Gasteiger partial charge >= 0.3 is 0 Å². The summed E-state index contributed by atoms with van der Waals surface area (Å²) in [6, 6.07) is 11.3. The summed E-state index contributed by atoms with van der Waals surface area (Å²) < 4.78 is 0.939. The molecule has 0 saturated heterocycles. The predicted molar refractivity (Wildman–Crippen MR) is 73.3 cm³/mol. The largest absolute Gasteiger partial charge is 0.269 e. The highest BCUT2D eigenvalue weighted by molar-refractivity contribution is 9.10. The number of halogens is 1. The van der Waals surface area contributed by atoms with Crippen LogP contribution in [0.1, 0.15) is 0 Å². The van der Waals surface area contributed by atoms with Crippen LogP contribution >= 0.6 is 15.9 Å². The van der Waals surface area contributed by atoms with Gasteiger partial charge in [0, 0.05) is 22.0 Å². The second-order valence-electron chi connectivity index (χ2n) is 3.96. The van der Waals surface area contributed by atoms with Gasteiger partial charge in [-0.25, -0.2) is 4.90 Å². The van der Waals surface area contributed by atoms with Crippen LogP contribution in [0, 0.1) is 0 Å². The lowest BCUT2D eigenvalue weighted by Gasteiger charge is -2.16. The maximum absolute atomic E-state index is 11.7. The second-order valence-corrected chi connectivity index (χ2v) is 4.81. The summed E-state index contributed by atoms with van der Waals surface area (Å²) in [5.74, 6) is -0.597. The van der Waals surface area contributed by atoms with Crippen LogP contribution in [0.2, 0.25) is 0 Å². The lowest BCUT2D eigenvalue weighted by atomic mass is 10.1. The van der Waals surface area contributed by atoms with Gasteiger partial charge in [0.15, 0.2) is 0 Å². The number of nitrogens with zero attached hydrogens (tertiary/aromatic N) is 1. The van der Waals surface area contributed by atoms with Gasteiger partial charge in [-0.1, -0.05) is 40.2 Å². The molecule has 0 saturated carbocycles. The van der Waals surface area contributed by atoms with Crippen molar-refractivity contribution < 1.29 is 9.59 Å². The third-order valence-electron chi connectivity index (χ3n) is 2.90. The fraction of sp³-hybridized carbons (Fsp3) is 0. The number of carbonyl (C=O) groups excluding carboxylic acids is 2. The molecule has 2 amide bonds. The Labute approximate surface area is 112 Å². The lowest BCUT2D eigenvalue weighted by molar-refractivity contribution is -0.119. The van der Waals surface area contributed by atoms with Crippen molar-refractivity contribution >= 4 is 44.2 Å². The van der Waals surface area contributed by atoms with E-state index in [4.69, 9.17) is 0 Å². The van der Waals surface area contributed by atoms with Gasteiger partial charge in [-0.05, 0) is 17.5 Å². The molecule has 0 N–H and O–H groups in total. The number of fused-ring (bicyclic) bond motifs is 1. The van der Waals surface area contributed by atoms with E-state index in [9.17, 15) is 9.59 Å². The van der Waals surface area contributed by atoms with Crippen LogP contribution in [-0.4, -0.2) is 11.8 Å². The minimum atomic E-state index is -0.299. The van der Waals surface area contributed by atoms with Crippen molar-refractivity contribution in [2.45, 2.75) is 0 Å². The van der Waals surface area contributed by atoms with Crippen molar-refractivity contribution in [3.05, 3.63) is 53.0 Å². The lowest BCUT2D eigenvalue weighted by Crippen LogP contribution is -2.29. The Morgan fingerprint density at radius 2 is 1.44 bits per heavy atom. The van der Waals surface area contributed by atoms with Crippen LogP contribution in [0.15, 0.2) is 53.0 Å². The molecule has 1 aliphatic rings. The summed E-state index contributed by atoms with van der Waals surface area (Å²) in [5, 5.41) is 1.85. The van der Waals surface area contributed by atoms with Crippen molar-refractivity contribution in [2.24, 2.45) is 0 Å². The number of hydrogen-bond donors (Lipinski definition) is 0. The first-order chi connectivity index (χ1) is 8.68. The number of anilines is 1. The molecule has 0 spiro atoms. The molecule has 3 nitrogen and oxygen atoms in total. The van der Waals surface area contributed by atoms with Gasteiger partial charge in [0.1, 0.15) is 0 Å². The van der Waals surface area contributed by atoms with Crippen LogP contribution < -0.4 is 4.90 Å². The number of imide groups is 1. The Kier molecular flexibility index (Phi) is 2.52. The van der Waals surface area contributed by atoms with E-state index in [-0.39, 0.29) is 11.8 Å². The van der Waals surface area contributed by atoms with Crippen molar-refractivity contribution in [1.82, 2.24) is 0 Å². The molecule has 4 heteroatoms. The number of benzene rings is 2. The van der Waals surface area contributed by atoms with Crippen LogP contribution in [-0.2, 0) is 9.59 Å². The van der Waals surface area contributed by atoms with Gasteiger partial charge in [-0.2, -0.15) is 0 Å². The van der Waals surface area contributed by atoms with Crippen LogP contribution in [0.5, 0.6) is 0 Å². The summed E-state index contributed by atoms with van der Waals surface area (Å²) in [7, 11) is 0. The van der Waals surface area contributed by atoms with Crippen molar-refractivity contribution in [1.29, 1.82) is 0 Å². The molecule has 0 aliphatic carbocycles. The summed E-state index contributed by atoms with van der Waals surface area (Å²) in [5.41, 5.74) is 0.619. The van der Waals surface area contributed by atoms with Gasteiger partial charge in [0.05, 0.1) is 5.69 Å². The van der Waals surface area contributed by atoms with Crippen LogP contribution in [0.4, 0.5) is 5.69 Å². The monoisotopic (exact) mass is 301 g/mol. The zero-order chi connectivity index (χ0) is 12.7. The molecule has 18 heavy (non-hydrogen) atoms. The summed E-state index contributed by atoms with van der Waals surface area (Å²) in [4.78, 5) is 24.6. The summed E-state index contributed by atoms with van der Waals surface area (Å²) in [6.07, 6.45) is 2.58. The van der Waals surface area contributed by atoms with E-state index in [1.54, 1.807) is 6.07 Å². The molecule has 2 aromatic rings. The van der Waals surface area contributed by atoms with E-state index in [1.165, 1.54) is 17.1 Å². The topological polar surface area (TPSA) is 37.4 Å². The van der Waals surface area contributed by atoms with Gasteiger partial charge in [-0.15, -0.1) is 0 Å². The van der Waals surface area contributed by atoms with Crippen molar-refractivity contribution in [2.75, 3.05) is 4.90 Å². The zero-order valence-electron chi connectivity index (χ0n) is 9.26. The van der Waals surface area contributed by atoms with E-state index < -0.39 is 0 Å². The molecule has 0 aromatic heterocycles. The molecule has 0 bridgehead atoms. The average molecular weight is 302 g/mol. The first kappa shape index (κ1) is 11.2. The molecule has 88 valence electrons. The zero-order valence-corrected chi connectivity index (χ0v) is 10.8. The van der Waals surface area contributed by atoms with Crippen LogP contribution in [0.25, 0.3) is 10.8 Å². The minimum absolute atomic E-state index is 0.299. The molecule has 1 heterocycles. The Morgan fingerprint density at radius 3 is 2.17 bits per heavy atom. The highest BCUT2D eigenvalue weighted by Crippen LogP contribution is 2.32. The highest BCUT2D eigenvalue weighted by Gasteiger charge is 2.26. The van der Waals surface area contributed by atoms with Gasteiger partial charge in [0.2, 0.25) is 0 Å². The Hall–Kier alpha value is -1.94. The van der Waals surface area contributed by atoms with Crippen molar-refractivity contribution in [3.8, 4) is 0 Å². The Morgan fingerprint density at radius 1 is 0.833 bits per heavy atom. The standard InChI is InChI=1S/C14H8BrNO2/c15-11-5-1-4-10-9(11)3-2-6-12(10)16-13(17)7-8-14(16)18/h1-8H. The molecule has 3 rings (SSSR count). The number of hydrogen-bond acceptors (Lipinski definition) is 2. The molecular formula is C14H8BrNO2. The van der Waals surface area contributed by atoms with E-state index in [0.717, 1.165) is 15.2 Å². The summed E-state index contributed by atoms with van der Waals surface area (Å²) in [6.45, 7) is 0. The number of carbonyl (C=O) groups is 2. The second kappa shape index (κ2) is 4.07. The fourth-order valence-corrected chi connectivity index (χ4v) is 2.59. The molecule has 2 aromatic carbocycles. The van der Waals surface area contributed by atoms with Gasteiger partial charge in [-0.3, -0.25) is 9.59 Å². The SMILES string of the molecule is O=C1C=CC(=O)N1c1cccc2c(Br)cccc12. The van der Waals surface area contributed by atoms with E-state index >= 15 is 0 Å². The maximum atomic E-state index is 11.7. The first-order valence-corrected chi connectivity index (χ1v) is 6.21. The molecule has 1 aliphatic heterocycles. The minimum Gasteiger partial charge on any atom is -0.269 e. The molecule has 0 atom stereocenters. The number of rotatable bonds is 1. The normalized spacial score (nSPS) is 14.8. The first-order valence-electron chi connectivity index (χ1n) is 5.42. The van der Waals surface area contributed by atoms with Crippen molar-refractivity contribution in [3.63, 3.8) is 0 Å². The molecule has 0 radical (unpaired) electrons. The van der Waals surface area contributed by atoms with Gasteiger partial charge in [0.25, 0.3) is 11.8 Å². The quantitative estimate of drug-likeness (QED) is 0.759. The third kappa shape index (κ3) is 1.57. The predicted octanol–water partition coefficient (Wildman–Crippen LogP) is 3.03. The molecule has 0 unspecified atom stereocenters. The average Bonchev–Trinajstić information content (AvgIpc) is 2.69. The third-order valence-corrected chi connectivity index (χ3v) is 3.59. The van der Waals surface area contributed by atoms with E-state index in [2.05, 4.69) is 15.9 Å². The number of amides is 2. The van der Waals surface area contributed by atoms with Gasteiger partial charge < -0.3 is 0 Å². The van der Waals surface area contributed by atoms with E-state index in [0.29, 0.717) is 5.69 Å². The molecular weight excluding hydrogens is 294 g/mol. The maximum Gasteiger partial charge on any atom is 0.258 e. The Balaban J connectivity index is 2.28. The molecule has 0 fully saturated rings. The smallest absolute Gasteiger partial charge is 0.258 e. The Bertz CT molecular complexity index is 688. The fourth-order valence-electron chi connectivity index (χ4n) is 2.09. The van der Waals surface area contributed by atoms with Crippen LogP contribution in [0.3, 0.4) is 0 Å². The van der Waals surface area contributed by atoms with E-state index in [1.807, 2.05) is 30.3 Å².